The summed E-state index contributed by atoms with van der Waals surface area (Å²) in [5.74, 6) is -0.703. The number of benzene rings is 3. The van der Waals surface area contributed by atoms with Crippen molar-refractivity contribution < 1.29 is 22.7 Å². The Bertz CT molecular complexity index is 1500. The number of sulfonamides is 1. The molecular formula is C30H34Cl3N3O5S. The minimum atomic E-state index is -4.30. The Labute approximate surface area is 262 Å². The molecule has 0 saturated carbocycles. The third kappa shape index (κ3) is 8.31. The van der Waals surface area contributed by atoms with Gasteiger partial charge < -0.3 is 15.0 Å². The lowest BCUT2D eigenvalue weighted by molar-refractivity contribution is -0.140. The van der Waals surface area contributed by atoms with Gasteiger partial charge >= 0.3 is 0 Å². The first-order chi connectivity index (χ1) is 19.9. The van der Waals surface area contributed by atoms with Crippen molar-refractivity contribution in [1.82, 2.24) is 10.2 Å². The van der Waals surface area contributed by atoms with E-state index in [9.17, 15) is 18.0 Å². The maximum Gasteiger partial charge on any atom is 0.264 e. The van der Waals surface area contributed by atoms with Crippen LogP contribution in [-0.2, 0) is 26.2 Å². The number of carbonyl (C=O) groups is 2. The molecule has 0 fully saturated rings. The Morgan fingerprint density at radius 2 is 1.57 bits per heavy atom. The molecule has 3 aromatic carbocycles. The topological polar surface area (TPSA) is 96.0 Å². The fourth-order valence-electron chi connectivity index (χ4n) is 4.32. The second-order valence-corrected chi connectivity index (χ2v) is 12.9. The number of carbonyl (C=O) groups excluding carboxylic acids is 2. The maximum absolute atomic E-state index is 14.2. The first kappa shape index (κ1) is 33.5. The van der Waals surface area contributed by atoms with Gasteiger partial charge in [-0.05, 0) is 81.3 Å². The summed E-state index contributed by atoms with van der Waals surface area (Å²) >= 11 is 18.6. The highest BCUT2D eigenvalue weighted by Crippen LogP contribution is 2.33. The van der Waals surface area contributed by atoms with Crippen LogP contribution in [-0.4, -0.2) is 50.4 Å². The van der Waals surface area contributed by atoms with Gasteiger partial charge in [0.05, 0.1) is 17.2 Å². The highest BCUT2D eigenvalue weighted by atomic mass is 35.5. The van der Waals surface area contributed by atoms with Crippen molar-refractivity contribution in [3.05, 3.63) is 87.4 Å². The van der Waals surface area contributed by atoms with E-state index in [0.29, 0.717) is 20.6 Å². The average molecular weight is 655 g/mol. The minimum absolute atomic E-state index is 0.0548. The smallest absolute Gasteiger partial charge is 0.264 e. The molecule has 0 bridgehead atoms. The molecule has 0 aromatic heterocycles. The number of nitrogens with zero attached hydrogens (tertiary/aromatic N) is 2. The van der Waals surface area contributed by atoms with Gasteiger partial charge in [-0.25, -0.2) is 8.42 Å². The van der Waals surface area contributed by atoms with Crippen molar-refractivity contribution in [3.63, 3.8) is 0 Å². The standard InChI is InChI=1S/C30H34Cl3N3O5S/c1-5-26(30(38)34-20(3)4)35(18-21-11-12-23(32)17-25(21)33)29(37)19-36(27-9-7-8-10-28(27)41-6-2)42(39,40)24-15-13-22(31)14-16-24/h7-17,20,26H,5-6,18-19H2,1-4H3,(H,34,38)/t26-/m0/s1. The summed E-state index contributed by atoms with van der Waals surface area (Å²) in [6.45, 7) is 6.79. The number of para-hydroxylation sites is 2. The number of halogens is 3. The fourth-order valence-corrected chi connectivity index (χ4v) is 6.34. The Kier molecular flexibility index (Phi) is 11.9. The molecule has 12 heteroatoms. The molecule has 2 amide bonds. The van der Waals surface area contributed by atoms with Gasteiger partial charge in [-0.3, -0.25) is 13.9 Å². The molecular weight excluding hydrogens is 621 g/mol. The number of rotatable bonds is 13. The monoisotopic (exact) mass is 653 g/mol. The molecule has 42 heavy (non-hydrogen) atoms. The summed E-state index contributed by atoms with van der Waals surface area (Å²) in [6.07, 6.45) is 0.273. The molecule has 0 aliphatic heterocycles. The third-order valence-electron chi connectivity index (χ3n) is 6.29. The van der Waals surface area contributed by atoms with E-state index in [1.807, 2.05) is 13.8 Å². The van der Waals surface area contributed by atoms with Gasteiger partial charge in [0.2, 0.25) is 11.8 Å². The van der Waals surface area contributed by atoms with E-state index in [0.717, 1.165) is 4.31 Å². The summed E-state index contributed by atoms with van der Waals surface area (Å²) < 4.78 is 34.9. The van der Waals surface area contributed by atoms with E-state index in [1.165, 1.54) is 29.2 Å². The molecule has 226 valence electrons. The van der Waals surface area contributed by atoms with Crippen LogP contribution in [0.2, 0.25) is 15.1 Å². The van der Waals surface area contributed by atoms with E-state index < -0.39 is 28.5 Å². The first-order valence-electron chi connectivity index (χ1n) is 13.4. The van der Waals surface area contributed by atoms with Crippen molar-refractivity contribution in [2.45, 2.75) is 57.6 Å². The van der Waals surface area contributed by atoms with Crippen molar-refractivity contribution in [2.75, 3.05) is 17.5 Å². The third-order valence-corrected chi connectivity index (χ3v) is 8.90. The fraction of sp³-hybridized carbons (Fsp3) is 0.333. The second-order valence-electron chi connectivity index (χ2n) is 9.71. The van der Waals surface area contributed by atoms with Crippen LogP contribution in [0.15, 0.2) is 71.6 Å². The Balaban J connectivity index is 2.14. The largest absolute Gasteiger partial charge is 0.492 e. The summed E-state index contributed by atoms with van der Waals surface area (Å²) in [5.41, 5.74) is 0.721. The van der Waals surface area contributed by atoms with E-state index in [2.05, 4.69) is 5.32 Å². The Morgan fingerprint density at radius 3 is 2.17 bits per heavy atom. The van der Waals surface area contributed by atoms with Gasteiger partial charge in [-0.1, -0.05) is 59.9 Å². The SMILES string of the molecule is CCOc1ccccc1N(CC(=O)N(Cc1ccc(Cl)cc1Cl)[C@@H](CC)C(=O)NC(C)C)S(=O)(=O)c1ccc(Cl)cc1. The van der Waals surface area contributed by atoms with Crippen molar-refractivity contribution in [3.8, 4) is 5.75 Å². The predicted octanol–water partition coefficient (Wildman–Crippen LogP) is 6.57. The van der Waals surface area contributed by atoms with Crippen LogP contribution in [0.5, 0.6) is 5.75 Å². The van der Waals surface area contributed by atoms with Gasteiger partial charge in [0, 0.05) is 27.7 Å². The van der Waals surface area contributed by atoms with Gasteiger partial charge in [0.25, 0.3) is 10.0 Å². The molecule has 0 saturated heterocycles. The first-order valence-corrected chi connectivity index (χ1v) is 16.0. The van der Waals surface area contributed by atoms with Crippen LogP contribution in [0.25, 0.3) is 0 Å². The van der Waals surface area contributed by atoms with Crippen LogP contribution in [0.3, 0.4) is 0 Å². The summed E-state index contributed by atoms with van der Waals surface area (Å²) in [4.78, 5) is 28.8. The molecule has 0 aliphatic rings. The second kappa shape index (κ2) is 15.0. The summed E-state index contributed by atoms with van der Waals surface area (Å²) in [6, 6.07) is 16.0. The molecule has 8 nitrogen and oxygen atoms in total. The van der Waals surface area contributed by atoms with Crippen molar-refractivity contribution in [1.29, 1.82) is 0 Å². The van der Waals surface area contributed by atoms with Gasteiger partial charge in [0.1, 0.15) is 18.3 Å². The van der Waals surface area contributed by atoms with Crippen LogP contribution in [0.4, 0.5) is 5.69 Å². The lowest BCUT2D eigenvalue weighted by atomic mass is 10.1. The molecule has 0 spiro atoms. The summed E-state index contributed by atoms with van der Waals surface area (Å²) in [5, 5.41) is 3.95. The van der Waals surface area contributed by atoms with Crippen LogP contribution in [0.1, 0.15) is 39.7 Å². The minimum Gasteiger partial charge on any atom is -0.492 e. The van der Waals surface area contributed by atoms with Crippen LogP contribution in [0, 0.1) is 0 Å². The predicted molar refractivity (Wildman–Crippen MR) is 168 cm³/mol. The van der Waals surface area contributed by atoms with Gasteiger partial charge in [-0.2, -0.15) is 0 Å². The van der Waals surface area contributed by atoms with Crippen LogP contribution >= 0.6 is 34.8 Å². The molecule has 0 heterocycles. The highest BCUT2D eigenvalue weighted by molar-refractivity contribution is 7.92. The van der Waals surface area contributed by atoms with Crippen LogP contribution < -0.4 is 14.4 Å². The van der Waals surface area contributed by atoms with E-state index in [-0.39, 0.29) is 47.9 Å². The molecule has 3 rings (SSSR count). The van der Waals surface area contributed by atoms with E-state index in [4.69, 9.17) is 39.5 Å². The van der Waals surface area contributed by atoms with E-state index >= 15 is 0 Å². The zero-order valence-electron chi connectivity index (χ0n) is 23.8. The van der Waals surface area contributed by atoms with Crippen molar-refractivity contribution in [2.24, 2.45) is 0 Å². The molecule has 1 atom stereocenters. The Hall–Kier alpha value is -2.98. The number of hydrogen-bond acceptors (Lipinski definition) is 5. The normalized spacial score (nSPS) is 12.1. The average Bonchev–Trinajstić information content (AvgIpc) is 2.93. The number of nitrogens with one attached hydrogen (secondary N) is 1. The molecule has 0 unspecified atom stereocenters. The molecule has 0 aliphatic carbocycles. The number of hydrogen-bond donors (Lipinski definition) is 1. The van der Waals surface area contributed by atoms with Crippen molar-refractivity contribution >= 4 is 62.3 Å². The summed E-state index contributed by atoms with van der Waals surface area (Å²) in [7, 11) is -4.30. The van der Waals surface area contributed by atoms with Gasteiger partial charge in [0.15, 0.2) is 0 Å². The molecule has 0 radical (unpaired) electrons. The lowest BCUT2D eigenvalue weighted by Gasteiger charge is -2.34. The highest BCUT2D eigenvalue weighted by Gasteiger charge is 2.35. The number of amides is 2. The number of anilines is 1. The van der Waals surface area contributed by atoms with Gasteiger partial charge in [-0.15, -0.1) is 0 Å². The molecule has 3 aromatic rings. The zero-order valence-corrected chi connectivity index (χ0v) is 26.9. The van der Waals surface area contributed by atoms with E-state index in [1.54, 1.807) is 56.3 Å². The lowest BCUT2D eigenvalue weighted by Crippen LogP contribution is -2.53. The maximum atomic E-state index is 14.2. The quantitative estimate of drug-likeness (QED) is 0.225. The zero-order chi connectivity index (χ0) is 31.0. The number of ether oxygens (including phenoxy) is 1. The molecule has 1 N–H and O–H groups in total. The Morgan fingerprint density at radius 1 is 0.929 bits per heavy atom.